The molecule has 2 rings (SSSR count). The van der Waals surface area contributed by atoms with Gasteiger partial charge in [0.05, 0.1) is 17.6 Å². The van der Waals surface area contributed by atoms with Gasteiger partial charge < -0.3 is 10.2 Å². The van der Waals surface area contributed by atoms with Crippen LogP contribution in [0, 0.1) is 23.2 Å². The highest BCUT2D eigenvalue weighted by atomic mass is 16.2. The molecule has 1 saturated heterocycles. The smallest absolute Gasteiger partial charge is 0.229 e. The molecule has 0 aromatic heterocycles. The minimum absolute atomic E-state index is 0.0451. The Morgan fingerprint density at radius 2 is 2.10 bits per heavy atom. The third-order valence-corrected chi connectivity index (χ3v) is 3.45. The third-order valence-electron chi connectivity index (χ3n) is 3.45. The monoisotopic (exact) mass is 285 g/mol. The summed E-state index contributed by atoms with van der Waals surface area (Å²) in [5, 5.41) is 11.5. The zero-order valence-electron chi connectivity index (χ0n) is 12.3. The number of nitrogens with one attached hydrogen (secondary N) is 1. The summed E-state index contributed by atoms with van der Waals surface area (Å²) in [4.78, 5) is 25.8. The molecule has 5 heteroatoms. The molecular weight excluding hydrogens is 266 g/mol. The highest BCUT2D eigenvalue weighted by Crippen LogP contribution is 2.21. The van der Waals surface area contributed by atoms with E-state index in [1.165, 1.54) is 0 Å². The van der Waals surface area contributed by atoms with E-state index in [9.17, 15) is 9.59 Å². The first-order valence-corrected chi connectivity index (χ1v) is 7.08. The SMILES string of the molecule is CC(C)CN1CC(C(=O)Nc2ccc(C#N)cc2)CC1=O. The lowest BCUT2D eigenvalue weighted by Crippen LogP contribution is -2.31. The van der Waals surface area contributed by atoms with E-state index in [-0.39, 0.29) is 24.2 Å². The average molecular weight is 285 g/mol. The fourth-order valence-corrected chi connectivity index (χ4v) is 2.44. The molecule has 0 spiro atoms. The van der Waals surface area contributed by atoms with Gasteiger partial charge in [-0.05, 0) is 30.2 Å². The molecule has 1 aromatic rings. The van der Waals surface area contributed by atoms with Crippen molar-refractivity contribution in [2.24, 2.45) is 11.8 Å². The summed E-state index contributed by atoms with van der Waals surface area (Å²) >= 11 is 0. The molecule has 0 saturated carbocycles. The van der Waals surface area contributed by atoms with Crippen molar-refractivity contribution in [2.45, 2.75) is 20.3 Å². The van der Waals surface area contributed by atoms with Gasteiger partial charge in [0.1, 0.15) is 0 Å². The maximum atomic E-state index is 12.2. The van der Waals surface area contributed by atoms with Gasteiger partial charge in [-0.2, -0.15) is 5.26 Å². The summed E-state index contributed by atoms with van der Waals surface area (Å²) in [6.07, 6.45) is 0.273. The Bertz CT molecular complexity index is 572. The van der Waals surface area contributed by atoms with Crippen molar-refractivity contribution in [3.05, 3.63) is 29.8 Å². The first-order valence-electron chi connectivity index (χ1n) is 7.08. The largest absolute Gasteiger partial charge is 0.342 e. The molecule has 1 aromatic carbocycles. The first-order chi connectivity index (χ1) is 9.99. The topological polar surface area (TPSA) is 73.2 Å². The van der Waals surface area contributed by atoms with Crippen LogP contribution in [-0.4, -0.2) is 29.8 Å². The van der Waals surface area contributed by atoms with Crippen LogP contribution in [-0.2, 0) is 9.59 Å². The second-order valence-electron chi connectivity index (χ2n) is 5.77. The van der Waals surface area contributed by atoms with Crippen LogP contribution >= 0.6 is 0 Å². The summed E-state index contributed by atoms with van der Waals surface area (Å²) in [6.45, 7) is 5.29. The molecule has 1 aliphatic heterocycles. The van der Waals surface area contributed by atoms with Crippen LogP contribution in [0.2, 0.25) is 0 Å². The van der Waals surface area contributed by atoms with Gasteiger partial charge in [0.15, 0.2) is 0 Å². The molecule has 1 aliphatic rings. The van der Waals surface area contributed by atoms with Crippen molar-refractivity contribution in [2.75, 3.05) is 18.4 Å². The van der Waals surface area contributed by atoms with Crippen LogP contribution in [0.15, 0.2) is 24.3 Å². The summed E-state index contributed by atoms with van der Waals surface area (Å²) in [5.41, 5.74) is 1.20. The summed E-state index contributed by atoms with van der Waals surface area (Å²) in [7, 11) is 0. The summed E-state index contributed by atoms with van der Waals surface area (Å²) in [5.74, 6) is 0.00386. The number of benzene rings is 1. The lowest BCUT2D eigenvalue weighted by molar-refractivity contribution is -0.128. The zero-order valence-corrected chi connectivity index (χ0v) is 12.3. The number of rotatable bonds is 4. The van der Waals surface area contributed by atoms with Crippen molar-refractivity contribution in [3.8, 4) is 6.07 Å². The fourth-order valence-electron chi connectivity index (χ4n) is 2.44. The van der Waals surface area contributed by atoms with Crippen LogP contribution < -0.4 is 5.32 Å². The number of anilines is 1. The van der Waals surface area contributed by atoms with Gasteiger partial charge in [-0.15, -0.1) is 0 Å². The molecule has 0 radical (unpaired) electrons. The van der Waals surface area contributed by atoms with E-state index in [0.717, 1.165) is 0 Å². The molecule has 1 heterocycles. The highest BCUT2D eigenvalue weighted by molar-refractivity contribution is 5.97. The van der Waals surface area contributed by atoms with E-state index >= 15 is 0 Å². The minimum Gasteiger partial charge on any atom is -0.342 e. The van der Waals surface area contributed by atoms with E-state index in [1.807, 2.05) is 6.07 Å². The molecule has 0 aliphatic carbocycles. The molecular formula is C16H19N3O2. The predicted molar refractivity (Wildman–Crippen MR) is 79.3 cm³/mol. The molecule has 110 valence electrons. The number of hydrogen-bond acceptors (Lipinski definition) is 3. The number of amides is 2. The Kier molecular flexibility index (Phi) is 4.59. The molecule has 0 bridgehead atoms. The maximum absolute atomic E-state index is 12.2. The number of nitrogens with zero attached hydrogens (tertiary/aromatic N) is 2. The Labute approximate surface area is 124 Å². The third kappa shape index (κ3) is 3.82. The molecule has 1 unspecified atom stereocenters. The lowest BCUT2D eigenvalue weighted by atomic mass is 10.1. The van der Waals surface area contributed by atoms with Crippen LogP contribution in [0.25, 0.3) is 0 Å². The van der Waals surface area contributed by atoms with Gasteiger partial charge in [-0.3, -0.25) is 9.59 Å². The van der Waals surface area contributed by atoms with Gasteiger partial charge in [-0.1, -0.05) is 13.8 Å². The van der Waals surface area contributed by atoms with E-state index in [1.54, 1.807) is 29.2 Å². The molecule has 1 N–H and O–H groups in total. The van der Waals surface area contributed by atoms with Gasteiger partial charge in [-0.25, -0.2) is 0 Å². The first kappa shape index (κ1) is 15.0. The molecule has 21 heavy (non-hydrogen) atoms. The number of likely N-dealkylation sites (tertiary alicyclic amines) is 1. The van der Waals surface area contributed by atoms with Gasteiger partial charge in [0.25, 0.3) is 0 Å². The van der Waals surface area contributed by atoms with E-state index in [0.29, 0.717) is 30.3 Å². The number of hydrogen-bond donors (Lipinski definition) is 1. The van der Waals surface area contributed by atoms with Crippen LogP contribution in [0.4, 0.5) is 5.69 Å². The van der Waals surface area contributed by atoms with Crippen molar-refractivity contribution >= 4 is 17.5 Å². The fraction of sp³-hybridized carbons (Fsp3) is 0.438. The van der Waals surface area contributed by atoms with Crippen LogP contribution in [0.1, 0.15) is 25.8 Å². The number of nitriles is 1. The predicted octanol–water partition coefficient (Wildman–Crippen LogP) is 2.00. The molecule has 5 nitrogen and oxygen atoms in total. The zero-order chi connectivity index (χ0) is 15.4. The van der Waals surface area contributed by atoms with Gasteiger partial charge in [0, 0.05) is 25.2 Å². The van der Waals surface area contributed by atoms with E-state index in [2.05, 4.69) is 19.2 Å². The van der Waals surface area contributed by atoms with Crippen LogP contribution in [0.3, 0.4) is 0 Å². The molecule has 2 amide bonds. The Morgan fingerprint density at radius 3 is 2.67 bits per heavy atom. The van der Waals surface area contributed by atoms with E-state index < -0.39 is 0 Å². The van der Waals surface area contributed by atoms with Crippen molar-refractivity contribution in [3.63, 3.8) is 0 Å². The maximum Gasteiger partial charge on any atom is 0.229 e. The van der Waals surface area contributed by atoms with Crippen molar-refractivity contribution < 1.29 is 9.59 Å². The average Bonchev–Trinajstić information content (AvgIpc) is 2.80. The lowest BCUT2D eigenvalue weighted by Gasteiger charge is -2.18. The Hall–Kier alpha value is -2.35. The molecule has 1 fully saturated rings. The Morgan fingerprint density at radius 1 is 1.43 bits per heavy atom. The number of carbonyl (C=O) groups excluding carboxylic acids is 2. The highest BCUT2D eigenvalue weighted by Gasteiger charge is 2.34. The Balaban J connectivity index is 1.95. The quantitative estimate of drug-likeness (QED) is 0.919. The van der Waals surface area contributed by atoms with Crippen molar-refractivity contribution in [1.82, 2.24) is 4.90 Å². The normalized spacial score (nSPS) is 17.9. The number of carbonyl (C=O) groups is 2. The molecule has 1 atom stereocenters. The summed E-state index contributed by atoms with van der Waals surface area (Å²) in [6, 6.07) is 8.72. The minimum atomic E-state index is -0.299. The van der Waals surface area contributed by atoms with Crippen molar-refractivity contribution in [1.29, 1.82) is 5.26 Å². The standard InChI is InChI=1S/C16H19N3O2/c1-11(2)9-19-10-13(7-15(19)20)16(21)18-14-5-3-12(8-17)4-6-14/h3-6,11,13H,7,9-10H2,1-2H3,(H,18,21). The second-order valence-corrected chi connectivity index (χ2v) is 5.77. The van der Waals surface area contributed by atoms with E-state index in [4.69, 9.17) is 5.26 Å². The van der Waals surface area contributed by atoms with Crippen LogP contribution in [0.5, 0.6) is 0 Å². The van der Waals surface area contributed by atoms with Gasteiger partial charge >= 0.3 is 0 Å². The van der Waals surface area contributed by atoms with Gasteiger partial charge in [0.2, 0.25) is 11.8 Å². The summed E-state index contributed by atoms with van der Waals surface area (Å²) < 4.78 is 0. The second kappa shape index (κ2) is 6.40.